The zero-order valence-electron chi connectivity index (χ0n) is 19.5. The van der Waals surface area contributed by atoms with E-state index in [9.17, 15) is 9.59 Å². The van der Waals surface area contributed by atoms with E-state index in [0.29, 0.717) is 25.4 Å². The van der Waals surface area contributed by atoms with Gasteiger partial charge in [-0.2, -0.15) is 0 Å². The molecule has 0 bridgehead atoms. The molecule has 3 rings (SSSR count). The minimum atomic E-state index is -0.125. The highest BCUT2D eigenvalue weighted by Gasteiger charge is 2.24. The molecule has 1 saturated heterocycles. The van der Waals surface area contributed by atoms with Crippen molar-refractivity contribution in [3.63, 3.8) is 0 Å². The van der Waals surface area contributed by atoms with E-state index in [4.69, 9.17) is 9.47 Å². The molecular formula is C26H34N2O4. The highest BCUT2D eigenvalue weighted by atomic mass is 16.5. The SMILES string of the molecule is COc1ccccc1CC(=O)N1CCC(NC(=O)COc2cc(C)ccc2C(C)C)CC1. The Morgan fingerprint density at radius 3 is 2.50 bits per heavy atom. The molecule has 0 atom stereocenters. The quantitative estimate of drug-likeness (QED) is 0.680. The Hall–Kier alpha value is -3.02. The number of methoxy groups -OCH3 is 1. The summed E-state index contributed by atoms with van der Waals surface area (Å²) in [6.45, 7) is 7.50. The monoisotopic (exact) mass is 438 g/mol. The molecule has 0 aromatic heterocycles. The molecule has 172 valence electrons. The number of likely N-dealkylation sites (tertiary alicyclic amines) is 1. The number of para-hydroxylation sites is 1. The number of nitrogens with zero attached hydrogens (tertiary/aromatic N) is 1. The molecular weight excluding hydrogens is 404 g/mol. The maximum atomic E-state index is 12.7. The predicted molar refractivity (Wildman–Crippen MR) is 125 cm³/mol. The molecule has 1 heterocycles. The van der Waals surface area contributed by atoms with Crippen molar-refractivity contribution in [1.29, 1.82) is 0 Å². The van der Waals surface area contributed by atoms with Crippen LogP contribution in [0.5, 0.6) is 11.5 Å². The standard InChI is InChI=1S/C26H34N2O4/c1-18(2)22-10-9-19(3)15-24(22)32-17-25(29)27-21-11-13-28(14-12-21)26(30)16-20-7-5-6-8-23(20)31-4/h5-10,15,18,21H,11-14,16-17H2,1-4H3,(H,27,29). The second-order valence-corrected chi connectivity index (χ2v) is 8.70. The van der Waals surface area contributed by atoms with Crippen molar-refractivity contribution in [3.05, 3.63) is 59.2 Å². The van der Waals surface area contributed by atoms with Crippen molar-refractivity contribution in [2.24, 2.45) is 0 Å². The van der Waals surface area contributed by atoms with Crippen LogP contribution in [0.4, 0.5) is 0 Å². The van der Waals surface area contributed by atoms with Crippen molar-refractivity contribution >= 4 is 11.8 Å². The minimum Gasteiger partial charge on any atom is -0.496 e. The van der Waals surface area contributed by atoms with Gasteiger partial charge >= 0.3 is 0 Å². The number of carbonyl (C=O) groups is 2. The highest BCUT2D eigenvalue weighted by molar-refractivity contribution is 5.80. The molecule has 0 aliphatic carbocycles. The van der Waals surface area contributed by atoms with Crippen molar-refractivity contribution in [2.45, 2.75) is 52.0 Å². The first-order chi connectivity index (χ1) is 15.4. The van der Waals surface area contributed by atoms with Gasteiger partial charge in [0.15, 0.2) is 6.61 Å². The number of hydrogen-bond acceptors (Lipinski definition) is 4. The molecule has 2 aromatic carbocycles. The van der Waals surface area contributed by atoms with E-state index in [1.807, 2.05) is 42.2 Å². The maximum absolute atomic E-state index is 12.7. The molecule has 0 spiro atoms. The minimum absolute atomic E-state index is 0.00385. The Bertz CT molecular complexity index is 933. The molecule has 6 nitrogen and oxygen atoms in total. The van der Waals surface area contributed by atoms with Crippen LogP contribution < -0.4 is 14.8 Å². The first-order valence-corrected chi connectivity index (χ1v) is 11.3. The lowest BCUT2D eigenvalue weighted by Gasteiger charge is -2.32. The van der Waals surface area contributed by atoms with E-state index in [2.05, 4.69) is 31.3 Å². The van der Waals surface area contributed by atoms with Crippen LogP contribution >= 0.6 is 0 Å². The van der Waals surface area contributed by atoms with Gasteiger partial charge in [0.1, 0.15) is 11.5 Å². The molecule has 6 heteroatoms. The van der Waals surface area contributed by atoms with Crippen LogP contribution in [-0.2, 0) is 16.0 Å². The third-order valence-electron chi connectivity index (χ3n) is 5.90. The molecule has 1 fully saturated rings. The number of nitrogens with one attached hydrogen (secondary N) is 1. The zero-order chi connectivity index (χ0) is 23.1. The number of piperidine rings is 1. The smallest absolute Gasteiger partial charge is 0.258 e. The third-order valence-corrected chi connectivity index (χ3v) is 5.90. The number of ether oxygens (including phenoxy) is 2. The summed E-state index contributed by atoms with van der Waals surface area (Å²) in [5, 5.41) is 3.06. The van der Waals surface area contributed by atoms with Gasteiger partial charge in [0.2, 0.25) is 5.91 Å². The highest BCUT2D eigenvalue weighted by Crippen LogP contribution is 2.27. The summed E-state index contributed by atoms with van der Waals surface area (Å²) in [6, 6.07) is 13.8. The largest absolute Gasteiger partial charge is 0.496 e. The first kappa shape index (κ1) is 23.6. The van der Waals surface area contributed by atoms with Crippen LogP contribution in [0, 0.1) is 6.92 Å². The van der Waals surface area contributed by atoms with Crippen molar-refractivity contribution < 1.29 is 19.1 Å². The van der Waals surface area contributed by atoms with Crippen LogP contribution in [-0.4, -0.2) is 49.6 Å². The van der Waals surface area contributed by atoms with Gasteiger partial charge in [-0.3, -0.25) is 9.59 Å². The lowest BCUT2D eigenvalue weighted by molar-refractivity contribution is -0.131. The average molecular weight is 439 g/mol. The van der Waals surface area contributed by atoms with E-state index in [1.54, 1.807) is 7.11 Å². The van der Waals surface area contributed by atoms with Gasteiger partial charge in [0.25, 0.3) is 5.91 Å². The Morgan fingerprint density at radius 1 is 1.09 bits per heavy atom. The molecule has 1 N–H and O–H groups in total. The van der Waals surface area contributed by atoms with E-state index in [1.165, 1.54) is 0 Å². The number of benzene rings is 2. The molecule has 1 aliphatic rings. The lowest BCUT2D eigenvalue weighted by Crippen LogP contribution is -2.47. The lowest BCUT2D eigenvalue weighted by atomic mass is 10.0. The van der Waals surface area contributed by atoms with Gasteiger partial charge < -0.3 is 19.7 Å². The van der Waals surface area contributed by atoms with Gasteiger partial charge in [-0.05, 0) is 48.9 Å². The predicted octanol–water partition coefficient (Wildman–Crippen LogP) is 3.86. The Balaban J connectivity index is 1.45. The van der Waals surface area contributed by atoms with Crippen molar-refractivity contribution in [3.8, 4) is 11.5 Å². The normalized spacial score (nSPS) is 14.3. The molecule has 0 unspecified atom stereocenters. The van der Waals surface area contributed by atoms with Crippen LogP contribution in [0.15, 0.2) is 42.5 Å². The van der Waals surface area contributed by atoms with Crippen molar-refractivity contribution in [1.82, 2.24) is 10.2 Å². The van der Waals surface area contributed by atoms with Gasteiger partial charge in [-0.15, -0.1) is 0 Å². The van der Waals surface area contributed by atoms with E-state index in [-0.39, 0.29) is 24.5 Å². The van der Waals surface area contributed by atoms with Gasteiger partial charge in [-0.1, -0.05) is 44.2 Å². The number of rotatable bonds is 8. The Kier molecular flexibility index (Phi) is 8.14. The van der Waals surface area contributed by atoms with E-state index in [0.717, 1.165) is 41.0 Å². The summed E-state index contributed by atoms with van der Waals surface area (Å²) < 4.78 is 11.2. The number of carbonyl (C=O) groups excluding carboxylic acids is 2. The number of aryl methyl sites for hydroxylation is 1. The van der Waals surface area contributed by atoms with Gasteiger partial charge in [-0.25, -0.2) is 0 Å². The number of amides is 2. The molecule has 2 amide bonds. The van der Waals surface area contributed by atoms with Crippen molar-refractivity contribution in [2.75, 3.05) is 26.8 Å². The topological polar surface area (TPSA) is 67.9 Å². The fourth-order valence-corrected chi connectivity index (χ4v) is 4.05. The number of hydrogen-bond donors (Lipinski definition) is 1. The Morgan fingerprint density at radius 2 is 1.81 bits per heavy atom. The second kappa shape index (κ2) is 11.0. The summed E-state index contributed by atoms with van der Waals surface area (Å²) in [7, 11) is 1.61. The summed E-state index contributed by atoms with van der Waals surface area (Å²) in [5.74, 6) is 1.79. The summed E-state index contributed by atoms with van der Waals surface area (Å²) >= 11 is 0. The zero-order valence-corrected chi connectivity index (χ0v) is 19.5. The fourth-order valence-electron chi connectivity index (χ4n) is 4.05. The van der Waals surface area contributed by atoms with Crippen LogP contribution in [0.25, 0.3) is 0 Å². The molecule has 1 aliphatic heterocycles. The fraction of sp³-hybridized carbons (Fsp3) is 0.462. The summed E-state index contributed by atoms with van der Waals surface area (Å²) in [6.07, 6.45) is 1.81. The average Bonchev–Trinajstić information content (AvgIpc) is 2.78. The van der Waals surface area contributed by atoms with Crippen LogP contribution in [0.2, 0.25) is 0 Å². The van der Waals surface area contributed by atoms with Gasteiger partial charge in [0, 0.05) is 24.7 Å². The summed E-state index contributed by atoms with van der Waals surface area (Å²) in [5.41, 5.74) is 3.10. The molecule has 2 aromatic rings. The molecule has 32 heavy (non-hydrogen) atoms. The second-order valence-electron chi connectivity index (χ2n) is 8.70. The molecule has 0 saturated carbocycles. The van der Waals surface area contributed by atoms with Crippen LogP contribution in [0.1, 0.15) is 49.3 Å². The third kappa shape index (κ3) is 6.25. The molecule has 0 radical (unpaired) electrons. The van der Waals surface area contributed by atoms with E-state index < -0.39 is 0 Å². The maximum Gasteiger partial charge on any atom is 0.258 e. The van der Waals surface area contributed by atoms with Crippen LogP contribution in [0.3, 0.4) is 0 Å². The first-order valence-electron chi connectivity index (χ1n) is 11.3. The van der Waals surface area contributed by atoms with Gasteiger partial charge in [0.05, 0.1) is 13.5 Å². The summed E-state index contributed by atoms with van der Waals surface area (Å²) in [4.78, 5) is 27.0. The Labute approximate surface area is 190 Å². The van der Waals surface area contributed by atoms with E-state index >= 15 is 0 Å².